The van der Waals surface area contributed by atoms with Crippen LogP contribution in [0.25, 0.3) is 0 Å². The molecule has 1 heterocycles. The predicted molar refractivity (Wildman–Crippen MR) is 82.8 cm³/mol. The molecule has 0 radical (unpaired) electrons. The maximum Gasteiger partial charge on any atom is 0.220 e. The number of carbonyl (C=O) groups excluding carboxylic acids is 1. The Hall–Kier alpha value is -0.610. The molecular formula is C16H32N2O2. The Bertz CT molecular complexity index is 263. The van der Waals surface area contributed by atoms with Crippen LogP contribution in [0.3, 0.4) is 0 Å². The summed E-state index contributed by atoms with van der Waals surface area (Å²) in [7, 11) is 0. The van der Waals surface area contributed by atoms with E-state index in [1.807, 2.05) is 0 Å². The highest BCUT2D eigenvalue weighted by Crippen LogP contribution is 2.13. The first kappa shape index (κ1) is 17.4. The molecule has 4 heteroatoms. The molecule has 118 valence electrons. The van der Waals surface area contributed by atoms with Crippen molar-refractivity contribution in [1.29, 1.82) is 0 Å². The van der Waals surface area contributed by atoms with Gasteiger partial charge in [0, 0.05) is 32.1 Å². The van der Waals surface area contributed by atoms with Gasteiger partial charge in [0.25, 0.3) is 0 Å². The van der Waals surface area contributed by atoms with Gasteiger partial charge in [-0.05, 0) is 18.8 Å². The SMILES string of the molecule is CCCCCC(=O)NCC(CC(C)C)N1CCOCC1. The Morgan fingerprint density at radius 1 is 1.25 bits per heavy atom. The van der Waals surface area contributed by atoms with E-state index in [1.54, 1.807) is 0 Å². The van der Waals surface area contributed by atoms with Crippen molar-refractivity contribution >= 4 is 5.91 Å². The Morgan fingerprint density at radius 3 is 2.55 bits per heavy atom. The molecule has 0 saturated carbocycles. The van der Waals surface area contributed by atoms with Crippen molar-refractivity contribution < 1.29 is 9.53 Å². The summed E-state index contributed by atoms with van der Waals surface area (Å²) in [6.07, 6.45) is 5.12. The van der Waals surface area contributed by atoms with Crippen LogP contribution in [0.4, 0.5) is 0 Å². The van der Waals surface area contributed by atoms with Crippen molar-refractivity contribution in [2.45, 2.75) is 58.9 Å². The first-order chi connectivity index (χ1) is 9.63. The van der Waals surface area contributed by atoms with Gasteiger partial charge >= 0.3 is 0 Å². The lowest BCUT2D eigenvalue weighted by atomic mass is 10.0. The van der Waals surface area contributed by atoms with Gasteiger partial charge in [0.2, 0.25) is 5.91 Å². The van der Waals surface area contributed by atoms with E-state index in [-0.39, 0.29) is 5.91 Å². The average Bonchev–Trinajstić information content (AvgIpc) is 2.44. The fourth-order valence-corrected chi connectivity index (χ4v) is 2.70. The number of morpholine rings is 1. The fourth-order valence-electron chi connectivity index (χ4n) is 2.70. The third-order valence-electron chi connectivity index (χ3n) is 3.85. The van der Waals surface area contributed by atoms with Crippen molar-refractivity contribution in [1.82, 2.24) is 10.2 Å². The summed E-state index contributed by atoms with van der Waals surface area (Å²) in [5.41, 5.74) is 0. The van der Waals surface area contributed by atoms with E-state index < -0.39 is 0 Å². The number of ether oxygens (including phenoxy) is 1. The van der Waals surface area contributed by atoms with Gasteiger partial charge in [0.15, 0.2) is 0 Å². The summed E-state index contributed by atoms with van der Waals surface area (Å²) in [4.78, 5) is 14.3. The standard InChI is InChI=1S/C16H32N2O2/c1-4-5-6-7-16(19)17-13-15(12-14(2)3)18-8-10-20-11-9-18/h14-15H,4-13H2,1-3H3,(H,17,19). The topological polar surface area (TPSA) is 41.6 Å². The van der Waals surface area contributed by atoms with E-state index in [2.05, 4.69) is 31.0 Å². The van der Waals surface area contributed by atoms with Crippen molar-refractivity contribution in [3.63, 3.8) is 0 Å². The zero-order chi connectivity index (χ0) is 14.8. The Balaban J connectivity index is 2.33. The zero-order valence-electron chi connectivity index (χ0n) is 13.5. The third-order valence-corrected chi connectivity index (χ3v) is 3.85. The Labute approximate surface area is 124 Å². The molecule has 1 aliphatic heterocycles. The quantitative estimate of drug-likeness (QED) is 0.661. The van der Waals surface area contributed by atoms with Crippen LogP contribution in [0.15, 0.2) is 0 Å². The van der Waals surface area contributed by atoms with Gasteiger partial charge in [-0.2, -0.15) is 0 Å². The molecule has 0 aromatic heterocycles. The average molecular weight is 284 g/mol. The van der Waals surface area contributed by atoms with Crippen molar-refractivity contribution in [2.24, 2.45) is 5.92 Å². The lowest BCUT2D eigenvalue weighted by molar-refractivity contribution is -0.121. The first-order valence-electron chi connectivity index (χ1n) is 8.22. The number of amides is 1. The minimum absolute atomic E-state index is 0.209. The van der Waals surface area contributed by atoms with E-state index in [9.17, 15) is 4.79 Å². The summed E-state index contributed by atoms with van der Waals surface area (Å²) in [6.45, 7) is 11.1. The molecule has 0 aromatic rings. The number of hydrogen-bond donors (Lipinski definition) is 1. The Kier molecular flexibility index (Phi) is 8.86. The van der Waals surface area contributed by atoms with Crippen molar-refractivity contribution in [2.75, 3.05) is 32.8 Å². The number of rotatable bonds is 9. The molecule has 1 rings (SSSR count). The molecule has 1 fully saturated rings. The highest BCUT2D eigenvalue weighted by atomic mass is 16.5. The summed E-state index contributed by atoms with van der Waals surface area (Å²) >= 11 is 0. The lowest BCUT2D eigenvalue weighted by Crippen LogP contribution is -2.49. The molecule has 0 bridgehead atoms. The van der Waals surface area contributed by atoms with Crippen LogP contribution in [-0.4, -0.2) is 49.7 Å². The summed E-state index contributed by atoms with van der Waals surface area (Å²) in [6, 6.07) is 0.453. The number of hydrogen-bond acceptors (Lipinski definition) is 3. The lowest BCUT2D eigenvalue weighted by Gasteiger charge is -2.35. The molecular weight excluding hydrogens is 252 g/mol. The second-order valence-electron chi connectivity index (χ2n) is 6.19. The van der Waals surface area contributed by atoms with Crippen molar-refractivity contribution in [3.8, 4) is 0 Å². The first-order valence-corrected chi connectivity index (χ1v) is 8.22. The van der Waals surface area contributed by atoms with E-state index in [0.29, 0.717) is 18.4 Å². The fraction of sp³-hybridized carbons (Fsp3) is 0.938. The van der Waals surface area contributed by atoms with Crippen LogP contribution in [0, 0.1) is 5.92 Å². The zero-order valence-corrected chi connectivity index (χ0v) is 13.5. The number of unbranched alkanes of at least 4 members (excludes halogenated alkanes) is 2. The van der Waals surface area contributed by atoms with Crippen LogP contribution in [-0.2, 0) is 9.53 Å². The van der Waals surface area contributed by atoms with Gasteiger partial charge in [0.05, 0.1) is 13.2 Å². The molecule has 1 saturated heterocycles. The van der Waals surface area contributed by atoms with E-state index in [0.717, 1.165) is 58.5 Å². The minimum atomic E-state index is 0.209. The monoisotopic (exact) mass is 284 g/mol. The second kappa shape index (κ2) is 10.2. The molecule has 4 nitrogen and oxygen atoms in total. The van der Waals surface area contributed by atoms with Gasteiger partial charge < -0.3 is 10.1 Å². The Morgan fingerprint density at radius 2 is 1.95 bits per heavy atom. The van der Waals surface area contributed by atoms with Crippen LogP contribution in [0.1, 0.15) is 52.9 Å². The molecule has 1 amide bonds. The smallest absolute Gasteiger partial charge is 0.220 e. The largest absolute Gasteiger partial charge is 0.379 e. The molecule has 0 aliphatic carbocycles. The number of nitrogens with zero attached hydrogens (tertiary/aromatic N) is 1. The normalized spacial score (nSPS) is 18.2. The van der Waals surface area contributed by atoms with E-state index in [4.69, 9.17) is 4.74 Å². The molecule has 0 spiro atoms. The van der Waals surface area contributed by atoms with Gasteiger partial charge in [-0.15, -0.1) is 0 Å². The maximum absolute atomic E-state index is 11.8. The number of carbonyl (C=O) groups is 1. The van der Waals surface area contributed by atoms with Crippen LogP contribution >= 0.6 is 0 Å². The van der Waals surface area contributed by atoms with Crippen LogP contribution in [0.2, 0.25) is 0 Å². The minimum Gasteiger partial charge on any atom is -0.379 e. The summed E-state index contributed by atoms with van der Waals surface area (Å²) < 4.78 is 5.42. The highest BCUT2D eigenvalue weighted by Gasteiger charge is 2.22. The van der Waals surface area contributed by atoms with Crippen LogP contribution < -0.4 is 5.32 Å². The maximum atomic E-state index is 11.8. The molecule has 20 heavy (non-hydrogen) atoms. The predicted octanol–water partition coefficient (Wildman–Crippen LogP) is 2.43. The molecule has 1 unspecified atom stereocenters. The molecule has 0 aromatic carbocycles. The summed E-state index contributed by atoms with van der Waals surface area (Å²) in [5.74, 6) is 0.861. The molecule has 1 N–H and O–H groups in total. The molecule has 1 aliphatic rings. The van der Waals surface area contributed by atoms with Crippen LogP contribution in [0.5, 0.6) is 0 Å². The highest BCUT2D eigenvalue weighted by molar-refractivity contribution is 5.75. The third kappa shape index (κ3) is 7.25. The second-order valence-corrected chi connectivity index (χ2v) is 6.19. The molecule has 1 atom stereocenters. The van der Waals surface area contributed by atoms with Gasteiger partial charge in [0.1, 0.15) is 0 Å². The van der Waals surface area contributed by atoms with Gasteiger partial charge in [-0.1, -0.05) is 33.6 Å². The number of nitrogens with one attached hydrogen (secondary N) is 1. The van der Waals surface area contributed by atoms with E-state index >= 15 is 0 Å². The van der Waals surface area contributed by atoms with Gasteiger partial charge in [-0.3, -0.25) is 9.69 Å². The van der Waals surface area contributed by atoms with E-state index in [1.165, 1.54) is 0 Å². The summed E-state index contributed by atoms with van der Waals surface area (Å²) in [5, 5.41) is 3.12. The van der Waals surface area contributed by atoms with Crippen molar-refractivity contribution in [3.05, 3.63) is 0 Å². The van der Waals surface area contributed by atoms with Gasteiger partial charge in [-0.25, -0.2) is 0 Å².